The van der Waals surface area contributed by atoms with Crippen LogP contribution in [-0.4, -0.2) is 13.1 Å². The molecule has 0 aliphatic heterocycles. The van der Waals surface area contributed by atoms with E-state index < -0.39 is 0 Å². The molecule has 24 heavy (non-hydrogen) atoms. The van der Waals surface area contributed by atoms with E-state index in [9.17, 15) is 4.79 Å². The Morgan fingerprint density at radius 3 is 2.71 bits per heavy atom. The van der Waals surface area contributed by atoms with Gasteiger partial charge in [0.25, 0.3) is 0 Å². The standard InChI is InChI=1S/C22H36O2/c1-6-17(2)10-7-11-18-12-8-13-19-21(3,16-20(23)24-5)14-9-15-22(18,19)4/h6-7,10,17-19H,1,8-9,11-16H2,2-5H3/b10-7+/t17-,18-,19-,21-,22+/m1/s1. The van der Waals surface area contributed by atoms with Gasteiger partial charge in [-0.05, 0) is 60.7 Å². The first-order valence-corrected chi connectivity index (χ1v) is 9.72. The van der Waals surface area contributed by atoms with Crippen LogP contribution in [-0.2, 0) is 9.53 Å². The highest BCUT2D eigenvalue weighted by Gasteiger charge is 2.53. The van der Waals surface area contributed by atoms with Crippen LogP contribution in [0.4, 0.5) is 0 Å². The molecule has 2 saturated carbocycles. The lowest BCUT2D eigenvalue weighted by atomic mass is 9.47. The molecule has 2 aliphatic carbocycles. The van der Waals surface area contributed by atoms with Crippen molar-refractivity contribution in [3.63, 3.8) is 0 Å². The van der Waals surface area contributed by atoms with Crippen molar-refractivity contribution in [2.45, 2.75) is 72.1 Å². The fourth-order valence-electron chi connectivity index (χ4n) is 5.62. The second-order valence-corrected chi connectivity index (χ2v) is 8.71. The van der Waals surface area contributed by atoms with Crippen LogP contribution in [0.3, 0.4) is 0 Å². The third-order valence-corrected chi connectivity index (χ3v) is 7.09. The zero-order valence-corrected chi connectivity index (χ0v) is 16.1. The summed E-state index contributed by atoms with van der Waals surface area (Å²) in [5.74, 6) is 1.79. The number of fused-ring (bicyclic) bond motifs is 1. The molecule has 0 aromatic carbocycles. The van der Waals surface area contributed by atoms with E-state index in [4.69, 9.17) is 4.74 Å². The Hall–Kier alpha value is -1.05. The zero-order chi connectivity index (χ0) is 17.8. The van der Waals surface area contributed by atoms with Gasteiger partial charge in [-0.25, -0.2) is 0 Å². The van der Waals surface area contributed by atoms with Crippen LogP contribution in [0.25, 0.3) is 0 Å². The van der Waals surface area contributed by atoms with E-state index >= 15 is 0 Å². The van der Waals surface area contributed by atoms with E-state index in [1.165, 1.54) is 52.1 Å². The maximum absolute atomic E-state index is 12.0. The van der Waals surface area contributed by atoms with Crippen molar-refractivity contribution in [2.75, 3.05) is 7.11 Å². The van der Waals surface area contributed by atoms with Crippen molar-refractivity contribution in [3.05, 3.63) is 24.8 Å². The normalized spacial score (nSPS) is 37.7. The Labute approximate surface area is 148 Å². The summed E-state index contributed by atoms with van der Waals surface area (Å²) in [6, 6.07) is 0. The van der Waals surface area contributed by atoms with Gasteiger partial charge in [-0.15, -0.1) is 6.58 Å². The van der Waals surface area contributed by atoms with E-state index in [0.29, 0.717) is 23.7 Å². The first-order valence-electron chi connectivity index (χ1n) is 9.72. The van der Waals surface area contributed by atoms with Crippen molar-refractivity contribution in [1.29, 1.82) is 0 Å². The number of hydrogen-bond acceptors (Lipinski definition) is 2. The molecule has 0 N–H and O–H groups in total. The Bertz CT molecular complexity index is 480. The number of ether oxygens (including phenoxy) is 1. The van der Waals surface area contributed by atoms with Gasteiger partial charge in [0.2, 0.25) is 0 Å². The molecule has 0 aromatic rings. The molecule has 2 aliphatic rings. The minimum Gasteiger partial charge on any atom is -0.469 e. The Morgan fingerprint density at radius 2 is 2.04 bits per heavy atom. The average Bonchev–Trinajstić information content (AvgIpc) is 2.55. The second kappa shape index (κ2) is 7.89. The highest BCUT2D eigenvalue weighted by atomic mass is 16.5. The maximum atomic E-state index is 12.0. The van der Waals surface area contributed by atoms with Crippen molar-refractivity contribution in [1.82, 2.24) is 0 Å². The van der Waals surface area contributed by atoms with Crippen LogP contribution >= 0.6 is 0 Å². The van der Waals surface area contributed by atoms with E-state index in [-0.39, 0.29) is 11.4 Å². The van der Waals surface area contributed by atoms with Crippen molar-refractivity contribution in [3.8, 4) is 0 Å². The zero-order valence-electron chi connectivity index (χ0n) is 16.1. The van der Waals surface area contributed by atoms with Crippen LogP contribution < -0.4 is 0 Å². The minimum atomic E-state index is -0.0384. The van der Waals surface area contributed by atoms with Gasteiger partial charge in [0, 0.05) is 0 Å². The molecule has 0 unspecified atom stereocenters. The predicted molar refractivity (Wildman–Crippen MR) is 101 cm³/mol. The average molecular weight is 333 g/mol. The van der Waals surface area contributed by atoms with Gasteiger partial charge in [0.1, 0.15) is 0 Å². The summed E-state index contributed by atoms with van der Waals surface area (Å²) in [4.78, 5) is 12.0. The Kier molecular flexibility index (Phi) is 6.33. The number of carbonyl (C=O) groups excluding carboxylic acids is 1. The lowest BCUT2D eigenvalue weighted by Gasteiger charge is -2.58. The third-order valence-electron chi connectivity index (χ3n) is 7.09. The summed E-state index contributed by atoms with van der Waals surface area (Å²) in [6.07, 6.45) is 16.0. The molecule has 5 atom stereocenters. The van der Waals surface area contributed by atoms with Gasteiger partial charge < -0.3 is 4.74 Å². The minimum absolute atomic E-state index is 0.0384. The molecule has 0 spiro atoms. The molecule has 0 heterocycles. The number of carbonyl (C=O) groups is 1. The largest absolute Gasteiger partial charge is 0.469 e. The molecule has 2 nitrogen and oxygen atoms in total. The fraction of sp³-hybridized carbons (Fsp3) is 0.773. The molecule has 0 bridgehead atoms. The first kappa shape index (κ1) is 19.3. The number of esters is 1. The molecular weight excluding hydrogens is 296 g/mol. The van der Waals surface area contributed by atoms with Gasteiger partial charge in [-0.1, -0.05) is 51.8 Å². The molecule has 136 valence electrons. The summed E-state index contributed by atoms with van der Waals surface area (Å²) in [7, 11) is 1.52. The lowest BCUT2D eigenvalue weighted by molar-refractivity contribution is -0.150. The van der Waals surface area contributed by atoms with E-state index in [0.717, 1.165) is 5.92 Å². The van der Waals surface area contributed by atoms with Crippen LogP contribution in [0, 0.1) is 28.6 Å². The molecule has 0 amide bonds. The number of hydrogen-bond donors (Lipinski definition) is 0. The van der Waals surface area contributed by atoms with Gasteiger partial charge in [0.05, 0.1) is 13.5 Å². The van der Waals surface area contributed by atoms with Crippen molar-refractivity contribution >= 4 is 5.97 Å². The lowest BCUT2D eigenvalue weighted by Crippen LogP contribution is -2.50. The maximum Gasteiger partial charge on any atom is 0.306 e. The molecule has 2 heteroatoms. The van der Waals surface area contributed by atoms with Gasteiger partial charge in [-0.3, -0.25) is 4.79 Å². The summed E-state index contributed by atoms with van der Waals surface area (Å²) < 4.78 is 5.00. The van der Waals surface area contributed by atoms with Crippen LogP contribution in [0.1, 0.15) is 72.1 Å². The van der Waals surface area contributed by atoms with Crippen molar-refractivity contribution in [2.24, 2.45) is 28.6 Å². The van der Waals surface area contributed by atoms with Crippen LogP contribution in [0.15, 0.2) is 24.8 Å². The molecule has 2 rings (SSSR count). The monoisotopic (exact) mass is 332 g/mol. The summed E-state index contributed by atoms with van der Waals surface area (Å²) in [5, 5.41) is 0. The number of rotatable bonds is 6. The van der Waals surface area contributed by atoms with Crippen LogP contribution in [0.2, 0.25) is 0 Å². The molecule has 0 radical (unpaired) electrons. The van der Waals surface area contributed by atoms with Gasteiger partial charge >= 0.3 is 5.97 Å². The summed E-state index contributed by atoms with van der Waals surface area (Å²) in [6.45, 7) is 10.9. The summed E-state index contributed by atoms with van der Waals surface area (Å²) >= 11 is 0. The summed E-state index contributed by atoms with van der Waals surface area (Å²) in [5.41, 5.74) is 0.470. The molecule has 0 saturated heterocycles. The smallest absolute Gasteiger partial charge is 0.306 e. The van der Waals surface area contributed by atoms with Crippen molar-refractivity contribution < 1.29 is 9.53 Å². The number of methoxy groups -OCH3 is 1. The second-order valence-electron chi connectivity index (χ2n) is 8.71. The quantitative estimate of drug-likeness (QED) is 0.445. The van der Waals surface area contributed by atoms with Crippen LogP contribution in [0.5, 0.6) is 0 Å². The number of allylic oxidation sites excluding steroid dienone is 3. The predicted octanol–water partition coefficient (Wildman–Crippen LogP) is 5.93. The molecule has 0 aromatic heterocycles. The highest BCUT2D eigenvalue weighted by molar-refractivity contribution is 5.70. The third kappa shape index (κ3) is 3.95. The van der Waals surface area contributed by atoms with E-state index in [1.54, 1.807) is 0 Å². The first-order chi connectivity index (χ1) is 11.4. The van der Waals surface area contributed by atoms with E-state index in [1.807, 2.05) is 6.08 Å². The molecule has 2 fully saturated rings. The van der Waals surface area contributed by atoms with Gasteiger partial charge in [0.15, 0.2) is 0 Å². The fourth-order valence-corrected chi connectivity index (χ4v) is 5.62. The van der Waals surface area contributed by atoms with Gasteiger partial charge in [-0.2, -0.15) is 0 Å². The van der Waals surface area contributed by atoms with E-state index in [2.05, 4.69) is 39.5 Å². The Balaban J connectivity index is 2.16. The highest BCUT2D eigenvalue weighted by Crippen LogP contribution is 2.61. The topological polar surface area (TPSA) is 26.3 Å². The Morgan fingerprint density at radius 1 is 1.29 bits per heavy atom. The molecular formula is C22H36O2. The SMILES string of the molecule is C=C[C@@H](C)/C=C/C[C@@H]1CCC[C@@H]2[C@@](C)(CC(=O)OC)CCC[C@@]12C.